The van der Waals surface area contributed by atoms with Crippen molar-refractivity contribution in [1.29, 1.82) is 0 Å². The molecule has 57 heavy (non-hydrogen) atoms. The molecule has 3 N–H and O–H groups in total. The smallest absolute Gasteiger partial charge is 0.408 e. The summed E-state index contributed by atoms with van der Waals surface area (Å²) in [5.41, 5.74) is -1.51. The molecule has 3 aliphatic carbocycles. The van der Waals surface area contributed by atoms with Crippen LogP contribution in [0, 0.1) is 10.8 Å². The van der Waals surface area contributed by atoms with Crippen LogP contribution in [-0.4, -0.2) is 90.3 Å². The number of fused-ring (bicyclic) bond motifs is 1. The number of nitrogens with zero attached hydrogens (tertiary/aromatic N) is 2. The highest BCUT2D eigenvalue weighted by molar-refractivity contribution is 7.91. The molecule has 4 fully saturated rings. The molecule has 1 spiro atoms. The lowest BCUT2D eigenvalue weighted by molar-refractivity contribution is -0.147. The molecule has 2 aromatic carbocycles. The molecule has 0 bridgehead atoms. The largest absolute Gasteiger partial charge is 0.497 e. The number of amides is 4. The fourth-order valence-electron chi connectivity index (χ4n) is 8.09. The first-order valence-corrected chi connectivity index (χ1v) is 21.2. The van der Waals surface area contributed by atoms with Gasteiger partial charge in [-0.25, -0.2) is 18.2 Å². The van der Waals surface area contributed by atoms with Crippen LogP contribution < -0.4 is 24.8 Å². The summed E-state index contributed by atoms with van der Waals surface area (Å²) < 4.78 is 45.9. The number of hydrogen-bond acceptors (Lipinski definition) is 10. The first kappa shape index (κ1) is 40.3. The molecule has 14 nitrogen and oxygen atoms in total. The van der Waals surface area contributed by atoms with E-state index in [1.54, 1.807) is 54.7 Å². The quantitative estimate of drug-likeness (QED) is 0.232. The molecular weight excluding hydrogens is 751 g/mol. The number of ether oxygens (including phenoxy) is 3. The van der Waals surface area contributed by atoms with Gasteiger partial charge in [-0.1, -0.05) is 51.1 Å². The van der Waals surface area contributed by atoms with Crippen LogP contribution in [0.4, 0.5) is 4.79 Å². The van der Waals surface area contributed by atoms with Gasteiger partial charge >= 0.3 is 6.09 Å². The maximum atomic E-state index is 14.8. The molecule has 2 heterocycles. The van der Waals surface area contributed by atoms with E-state index in [1.807, 2.05) is 48.5 Å². The van der Waals surface area contributed by atoms with E-state index in [1.165, 1.54) is 4.90 Å². The molecule has 3 aromatic rings. The summed E-state index contributed by atoms with van der Waals surface area (Å²) in [5.74, 6) is -0.770. The van der Waals surface area contributed by atoms with Crippen molar-refractivity contribution in [3.8, 4) is 22.8 Å². The Hall–Kier alpha value is -4.92. The van der Waals surface area contributed by atoms with Crippen LogP contribution >= 0.6 is 0 Å². The fraction of sp³-hybridized carbons (Fsp3) is 0.548. The number of rotatable bonds is 11. The standard InChI is InChI=1S/C42H53N5O9S/c1-39(2,3)34(44-38(51)56-40(4,5)6)36(49)47-24-27(55-33-23-30(25-11-9-8-10-12-25)43-31-21-26(54-7)13-16-29(31)33)22-32(47)35(48)45-42(20-19-41(42)17-18-41)37(50)46-57(52,53)28-14-15-28/h8-13,16,21,23,27-28,32,34H,14-15,17-20,22,24H2,1-7H3,(H,44,51)(H,45,48)(H,46,50). The van der Waals surface area contributed by atoms with Gasteiger partial charge in [0.2, 0.25) is 21.8 Å². The number of hydrogen-bond donors (Lipinski definition) is 3. The van der Waals surface area contributed by atoms with Crippen LogP contribution in [0.3, 0.4) is 0 Å². The first-order valence-electron chi connectivity index (χ1n) is 19.6. The number of carbonyl (C=O) groups excluding carboxylic acids is 4. The molecule has 15 heteroatoms. The van der Waals surface area contributed by atoms with Crippen molar-refractivity contribution in [2.45, 2.75) is 121 Å². The van der Waals surface area contributed by atoms with Gasteiger partial charge in [0.05, 0.1) is 30.1 Å². The molecule has 0 radical (unpaired) electrons. The van der Waals surface area contributed by atoms with E-state index in [-0.39, 0.29) is 19.4 Å². The van der Waals surface area contributed by atoms with Crippen LogP contribution in [0.1, 0.15) is 86.5 Å². The third-order valence-electron chi connectivity index (χ3n) is 11.6. The molecule has 4 atom stereocenters. The predicted molar refractivity (Wildman–Crippen MR) is 213 cm³/mol. The number of aromatic nitrogens is 1. The molecule has 1 aliphatic heterocycles. The minimum atomic E-state index is -3.89. The summed E-state index contributed by atoms with van der Waals surface area (Å²) in [4.78, 5) is 62.8. The van der Waals surface area contributed by atoms with Gasteiger partial charge in [-0.2, -0.15) is 0 Å². The summed E-state index contributed by atoms with van der Waals surface area (Å²) in [6.07, 6.45) is 1.78. The van der Waals surface area contributed by atoms with Crippen molar-refractivity contribution < 1.29 is 41.8 Å². The predicted octanol–water partition coefficient (Wildman–Crippen LogP) is 5.24. The molecule has 1 saturated heterocycles. The summed E-state index contributed by atoms with van der Waals surface area (Å²) in [5, 5.41) is 5.82. The van der Waals surface area contributed by atoms with Gasteiger partial charge < -0.3 is 29.7 Å². The lowest BCUT2D eigenvalue weighted by Crippen LogP contribution is -2.71. The van der Waals surface area contributed by atoms with Gasteiger partial charge in [0.1, 0.15) is 40.8 Å². The number of sulfonamides is 1. The van der Waals surface area contributed by atoms with E-state index in [2.05, 4.69) is 15.4 Å². The summed E-state index contributed by atoms with van der Waals surface area (Å²) in [6, 6.07) is 14.7. The summed E-state index contributed by atoms with van der Waals surface area (Å²) in [7, 11) is -2.31. The van der Waals surface area contributed by atoms with Crippen molar-refractivity contribution in [1.82, 2.24) is 25.2 Å². The third-order valence-corrected chi connectivity index (χ3v) is 13.4. The molecular formula is C42H53N5O9S. The average molecular weight is 804 g/mol. The van der Waals surface area contributed by atoms with E-state index in [4.69, 9.17) is 19.2 Å². The SMILES string of the molecule is COc1ccc2c(OC3CC(C(=O)NC4(C(=O)NS(=O)(=O)C5CC5)CCC45CC5)N(C(=O)C(NC(=O)OC(C)(C)C)C(C)(C)C)C3)cc(-c3ccccc3)nc2c1. The van der Waals surface area contributed by atoms with E-state index in [9.17, 15) is 27.6 Å². The minimum absolute atomic E-state index is 0.0272. The van der Waals surface area contributed by atoms with E-state index in [0.717, 1.165) is 5.56 Å². The maximum Gasteiger partial charge on any atom is 0.408 e. The highest BCUT2D eigenvalue weighted by Crippen LogP contribution is 2.67. The van der Waals surface area contributed by atoms with Gasteiger partial charge in [0.15, 0.2) is 0 Å². The van der Waals surface area contributed by atoms with Crippen LogP contribution in [0.15, 0.2) is 54.6 Å². The molecule has 1 aromatic heterocycles. The van der Waals surface area contributed by atoms with E-state index in [0.29, 0.717) is 60.2 Å². The number of nitrogens with one attached hydrogen (secondary N) is 3. The second kappa shape index (κ2) is 14.5. The van der Waals surface area contributed by atoms with Crippen LogP contribution in [-0.2, 0) is 29.1 Å². The van der Waals surface area contributed by atoms with Crippen LogP contribution in [0.25, 0.3) is 22.2 Å². The number of methoxy groups -OCH3 is 1. The Kier molecular flexibility index (Phi) is 10.2. The second-order valence-electron chi connectivity index (χ2n) is 18.0. The Morgan fingerprint density at radius 1 is 0.930 bits per heavy atom. The van der Waals surface area contributed by atoms with E-state index >= 15 is 0 Å². The topological polar surface area (TPSA) is 182 Å². The number of alkyl carbamates (subject to hydrolysis) is 1. The number of benzene rings is 2. The van der Waals surface area contributed by atoms with Crippen molar-refractivity contribution in [3.05, 3.63) is 54.6 Å². The lowest BCUT2D eigenvalue weighted by atomic mass is 9.62. The molecule has 4 unspecified atom stereocenters. The van der Waals surface area contributed by atoms with Gasteiger partial charge in [-0.05, 0) is 76.8 Å². The zero-order valence-corrected chi connectivity index (χ0v) is 34.5. The van der Waals surface area contributed by atoms with Crippen LogP contribution in [0.2, 0.25) is 0 Å². The van der Waals surface area contributed by atoms with Crippen molar-refractivity contribution >= 4 is 44.7 Å². The zero-order valence-electron chi connectivity index (χ0n) is 33.6. The fourth-order valence-corrected chi connectivity index (χ4v) is 9.44. The summed E-state index contributed by atoms with van der Waals surface area (Å²) >= 11 is 0. The van der Waals surface area contributed by atoms with Gasteiger partial charge in [0.25, 0.3) is 5.91 Å². The van der Waals surface area contributed by atoms with Gasteiger partial charge in [-0.15, -0.1) is 0 Å². The van der Waals surface area contributed by atoms with Crippen molar-refractivity contribution in [2.24, 2.45) is 10.8 Å². The zero-order chi connectivity index (χ0) is 41.1. The Balaban J connectivity index is 1.23. The highest BCUT2D eigenvalue weighted by atomic mass is 32.2. The molecule has 4 aliphatic rings. The molecule has 306 valence electrons. The monoisotopic (exact) mass is 803 g/mol. The Labute approximate surface area is 333 Å². The highest BCUT2D eigenvalue weighted by Gasteiger charge is 2.71. The van der Waals surface area contributed by atoms with Gasteiger partial charge in [0, 0.05) is 34.9 Å². The normalized spacial score (nSPS) is 23.2. The number of pyridine rings is 1. The second-order valence-corrected chi connectivity index (χ2v) is 20.0. The average Bonchev–Trinajstić information content (AvgIpc) is 4.07. The molecule has 3 saturated carbocycles. The van der Waals surface area contributed by atoms with Crippen molar-refractivity contribution in [2.75, 3.05) is 13.7 Å². The Bertz CT molecular complexity index is 2190. The first-order chi connectivity index (χ1) is 26.7. The Morgan fingerprint density at radius 2 is 1.61 bits per heavy atom. The number of carbonyl (C=O) groups is 4. The van der Waals surface area contributed by atoms with Gasteiger partial charge in [-0.3, -0.25) is 19.1 Å². The maximum absolute atomic E-state index is 14.8. The van der Waals surface area contributed by atoms with Crippen LogP contribution in [0.5, 0.6) is 11.5 Å². The summed E-state index contributed by atoms with van der Waals surface area (Å²) in [6.45, 7) is 10.6. The number of likely N-dealkylation sites (tertiary alicyclic amines) is 1. The molecule has 7 rings (SSSR count). The van der Waals surface area contributed by atoms with Crippen molar-refractivity contribution in [3.63, 3.8) is 0 Å². The molecule has 4 amide bonds. The minimum Gasteiger partial charge on any atom is -0.497 e. The van der Waals surface area contributed by atoms with E-state index < -0.39 is 79.2 Å². The Morgan fingerprint density at radius 3 is 2.19 bits per heavy atom. The lowest BCUT2D eigenvalue weighted by Gasteiger charge is -2.50. The third kappa shape index (κ3) is 8.12.